The molecule has 18 heavy (non-hydrogen) atoms. The van der Waals surface area contributed by atoms with E-state index >= 15 is 0 Å². The van der Waals surface area contributed by atoms with Crippen LogP contribution in [0.1, 0.15) is 10.4 Å². The van der Waals surface area contributed by atoms with Crippen molar-refractivity contribution in [3.8, 4) is 0 Å². The molecule has 3 nitrogen and oxygen atoms in total. The first kappa shape index (κ1) is 14.6. The van der Waals surface area contributed by atoms with Gasteiger partial charge in [-0.25, -0.2) is 0 Å². The summed E-state index contributed by atoms with van der Waals surface area (Å²) in [7, 11) is 0. The van der Waals surface area contributed by atoms with Crippen molar-refractivity contribution in [1.29, 1.82) is 0 Å². The van der Waals surface area contributed by atoms with Crippen LogP contribution in [0, 0.1) is 3.57 Å². The number of hydrogen-bond donors (Lipinski definition) is 0. The molecule has 0 radical (unpaired) electrons. The molecule has 98 valence electrons. The molecule has 1 atom stereocenters. The summed E-state index contributed by atoms with van der Waals surface area (Å²) >= 11 is 11.5. The van der Waals surface area contributed by atoms with E-state index in [1.54, 1.807) is 12.1 Å². The highest BCUT2D eigenvalue weighted by Crippen LogP contribution is 2.21. The second kappa shape index (κ2) is 6.54. The maximum absolute atomic E-state index is 12.5. The second-order valence-corrected chi connectivity index (χ2v) is 6.25. The number of nitrogens with zero attached hydrogens (tertiary/aromatic N) is 1. The van der Waals surface area contributed by atoms with Crippen molar-refractivity contribution in [2.75, 3.05) is 25.1 Å². The molecule has 0 saturated carbocycles. The maximum atomic E-state index is 12.5. The summed E-state index contributed by atoms with van der Waals surface area (Å²) in [4.78, 5) is 14.4. The van der Waals surface area contributed by atoms with Gasteiger partial charge in [-0.15, -0.1) is 0 Å². The largest absolute Gasteiger partial charge is 0.377 e. The lowest BCUT2D eigenvalue weighted by atomic mass is 10.1. The molecule has 1 saturated heterocycles. The third-order valence-electron chi connectivity index (χ3n) is 2.83. The Kier molecular flexibility index (Phi) is 5.29. The summed E-state index contributed by atoms with van der Waals surface area (Å²) in [5.74, 6) is 0.0228. The van der Waals surface area contributed by atoms with Crippen LogP contribution in [-0.4, -0.2) is 41.9 Å². The Balaban J connectivity index is 2.26. The van der Waals surface area contributed by atoms with Crippen molar-refractivity contribution in [2.24, 2.45) is 0 Å². The molecule has 1 aliphatic heterocycles. The number of morpholine rings is 1. The Labute approximate surface area is 133 Å². The Hall–Kier alpha value is 0.150. The molecule has 0 bridgehead atoms. The molecule has 1 amide bonds. The maximum Gasteiger partial charge on any atom is 0.255 e. The molecule has 1 heterocycles. The van der Waals surface area contributed by atoms with Crippen LogP contribution in [0.4, 0.5) is 0 Å². The van der Waals surface area contributed by atoms with Crippen LogP contribution < -0.4 is 0 Å². The van der Waals surface area contributed by atoms with Crippen LogP contribution in [0.25, 0.3) is 0 Å². The minimum Gasteiger partial charge on any atom is -0.377 e. The second-order valence-electron chi connectivity index (χ2n) is 4.01. The molecule has 1 fully saturated rings. The van der Waals surface area contributed by atoms with Crippen molar-refractivity contribution in [2.45, 2.75) is 6.04 Å². The van der Waals surface area contributed by atoms with E-state index < -0.39 is 0 Å². The first-order valence-corrected chi connectivity index (χ1v) is 8.11. The topological polar surface area (TPSA) is 29.5 Å². The SMILES string of the molecule is O=C(c1cc(Cl)ccc1I)N1CCOCC1CBr. The van der Waals surface area contributed by atoms with Gasteiger partial charge in [0.2, 0.25) is 0 Å². The third-order valence-corrected chi connectivity index (χ3v) is 4.75. The lowest BCUT2D eigenvalue weighted by Gasteiger charge is -2.34. The Morgan fingerprint density at radius 2 is 2.39 bits per heavy atom. The monoisotopic (exact) mass is 443 g/mol. The molecule has 0 N–H and O–H groups in total. The normalized spacial score (nSPS) is 19.9. The quantitative estimate of drug-likeness (QED) is 0.518. The van der Waals surface area contributed by atoms with Gasteiger partial charge in [0.1, 0.15) is 0 Å². The van der Waals surface area contributed by atoms with Gasteiger partial charge < -0.3 is 9.64 Å². The third kappa shape index (κ3) is 3.18. The van der Waals surface area contributed by atoms with Gasteiger partial charge in [0.25, 0.3) is 5.91 Å². The summed E-state index contributed by atoms with van der Waals surface area (Å²) in [6.07, 6.45) is 0. The van der Waals surface area contributed by atoms with Crippen molar-refractivity contribution >= 4 is 56.0 Å². The smallest absolute Gasteiger partial charge is 0.255 e. The highest BCUT2D eigenvalue weighted by Gasteiger charge is 2.28. The van der Waals surface area contributed by atoms with E-state index in [9.17, 15) is 4.79 Å². The molecule has 2 rings (SSSR count). The lowest BCUT2D eigenvalue weighted by molar-refractivity contribution is 0.00519. The van der Waals surface area contributed by atoms with Gasteiger partial charge in [0, 0.05) is 20.5 Å². The van der Waals surface area contributed by atoms with E-state index in [0.29, 0.717) is 30.3 Å². The number of amides is 1. The van der Waals surface area contributed by atoms with E-state index in [2.05, 4.69) is 38.5 Å². The average Bonchev–Trinajstić information content (AvgIpc) is 2.40. The van der Waals surface area contributed by atoms with Gasteiger partial charge in [-0.1, -0.05) is 27.5 Å². The molecule has 1 aromatic carbocycles. The molecule has 1 aliphatic rings. The molecule has 1 unspecified atom stereocenters. The molecule has 0 aromatic heterocycles. The standard InChI is InChI=1S/C12H12BrClINO2/c13-6-9-7-18-4-3-16(9)12(17)10-5-8(14)1-2-11(10)15/h1-2,5,9H,3-4,6-7H2. The van der Waals surface area contributed by atoms with Crippen molar-refractivity contribution in [3.05, 3.63) is 32.4 Å². The summed E-state index contributed by atoms with van der Waals surface area (Å²) in [6.45, 7) is 1.79. The predicted molar refractivity (Wildman–Crippen MR) is 83.6 cm³/mol. The van der Waals surface area contributed by atoms with E-state index in [0.717, 1.165) is 8.90 Å². The fraction of sp³-hybridized carbons (Fsp3) is 0.417. The van der Waals surface area contributed by atoms with Crippen LogP contribution >= 0.6 is 50.1 Å². The minimum atomic E-state index is 0.0228. The Morgan fingerprint density at radius 1 is 1.61 bits per heavy atom. The molecular weight excluding hydrogens is 432 g/mol. The minimum absolute atomic E-state index is 0.0228. The van der Waals surface area contributed by atoms with Crippen molar-refractivity contribution in [3.63, 3.8) is 0 Å². The zero-order valence-electron chi connectivity index (χ0n) is 9.54. The van der Waals surface area contributed by atoms with E-state index in [1.807, 2.05) is 11.0 Å². The number of carbonyl (C=O) groups excluding carboxylic acids is 1. The van der Waals surface area contributed by atoms with Gasteiger partial charge in [-0.05, 0) is 40.8 Å². The summed E-state index contributed by atoms with van der Waals surface area (Å²) in [5, 5.41) is 1.30. The van der Waals surface area contributed by atoms with Gasteiger partial charge in [0.15, 0.2) is 0 Å². The van der Waals surface area contributed by atoms with Gasteiger partial charge in [-0.3, -0.25) is 4.79 Å². The first-order valence-electron chi connectivity index (χ1n) is 5.53. The van der Waals surface area contributed by atoms with Crippen LogP contribution in [0.15, 0.2) is 18.2 Å². The number of halogens is 3. The van der Waals surface area contributed by atoms with Crippen molar-refractivity contribution < 1.29 is 9.53 Å². The Morgan fingerprint density at radius 3 is 3.11 bits per heavy atom. The van der Waals surface area contributed by atoms with Gasteiger partial charge in [0.05, 0.1) is 24.8 Å². The van der Waals surface area contributed by atoms with E-state index in [4.69, 9.17) is 16.3 Å². The van der Waals surface area contributed by atoms with Gasteiger partial charge in [-0.2, -0.15) is 0 Å². The molecule has 6 heteroatoms. The lowest BCUT2D eigenvalue weighted by Crippen LogP contribution is -2.49. The Bertz CT molecular complexity index is 458. The highest BCUT2D eigenvalue weighted by molar-refractivity contribution is 14.1. The van der Waals surface area contributed by atoms with Crippen molar-refractivity contribution in [1.82, 2.24) is 4.90 Å². The van der Waals surface area contributed by atoms with Gasteiger partial charge >= 0.3 is 0 Å². The first-order chi connectivity index (χ1) is 8.63. The summed E-state index contributed by atoms with van der Waals surface area (Å²) in [6, 6.07) is 5.47. The summed E-state index contributed by atoms with van der Waals surface area (Å²) in [5.41, 5.74) is 0.663. The molecule has 0 spiro atoms. The van der Waals surface area contributed by atoms with E-state index in [1.165, 1.54) is 0 Å². The summed E-state index contributed by atoms with van der Waals surface area (Å²) < 4.78 is 6.31. The molecule has 0 aliphatic carbocycles. The zero-order valence-corrected chi connectivity index (χ0v) is 14.0. The number of rotatable bonds is 2. The van der Waals surface area contributed by atoms with Crippen LogP contribution in [0.3, 0.4) is 0 Å². The van der Waals surface area contributed by atoms with Crippen LogP contribution in [0.2, 0.25) is 5.02 Å². The number of ether oxygens (including phenoxy) is 1. The zero-order chi connectivity index (χ0) is 13.1. The van der Waals surface area contributed by atoms with Crippen LogP contribution in [-0.2, 0) is 4.74 Å². The number of alkyl halides is 1. The average molecular weight is 444 g/mol. The molecule has 1 aromatic rings. The molecular formula is C12H12BrClINO2. The van der Waals surface area contributed by atoms with E-state index in [-0.39, 0.29) is 11.9 Å². The van der Waals surface area contributed by atoms with Crippen LogP contribution in [0.5, 0.6) is 0 Å². The fourth-order valence-electron chi connectivity index (χ4n) is 1.87. The highest BCUT2D eigenvalue weighted by atomic mass is 127. The number of carbonyl (C=O) groups is 1. The fourth-order valence-corrected chi connectivity index (χ4v) is 3.14. The number of hydrogen-bond acceptors (Lipinski definition) is 2. The number of benzene rings is 1. The predicted octanol–water partition coefficient (Wildman–Crippen LogP) is 3.18.